The smallest absolute Gasteiger partial charge is 0.340 e. The van der Waals surface area contributed by atoms with Gasteiger partial charge in [0.25, 0.3) is 0 Å². The highest BCUT2D eigenvalue weighted by molar-refractivity contribution is 5.94. The van der Waals surface area contributed by atoms with Crippen molar-refractivity contribution in [3.63, 3.8) is 0 Å². The Balaban J connectivity index is 3.22. The maximum Gasteiger partial charge on any atom is 0.340 e. The van der Waals surface area contributed by atoms with E-state index in [1.54, 1.807) is 18.0 Å². The van der Waals surface area contributed by atoms with Crippen molar-refractivity contribution in [3.8, 4) is 0 Å². The standard InChI is InChI=1S/C13H18FNO2/c1-8(2)9(3)15(4)11-7-5-6-10(14)12(11)13(16)17/h5-9H,1-4H3,(H,16,17). The van der Waals surface area contributed by atoms with Crippen LogP contribution < -0.4 is 4.90 Å². The highest BCUT2D eigenvalue weighted by Gasteiger charge is 2.22. The third-order valence-electron chi connectivity index (χ3n) is 3.16. The number of nitrogens with zero attached hydrogens (tertiary/aromatic N) is 1. The van der Waals surface area contributed by atoms with Gasteiger partial charge in [0.05, 0.1) is 5.69 Å². The van der Waals surface area contributed by atoms with E-state index in [9.17, 15) is 9.18 Å². The molecular weight excluding hydrogens is 221 g/mol. The first kappa shape index (κ1) is 13.5. The summed E-state index contributed by atoms with van der Waals surface area (Å²) in [5, 5.41) is 9.05. The van der Waals surface area contributed by atoms with Crippen LogP contribution in [0, 0.1) is 11.7 Å². The zero-order chi connectivity index (χ0) is 13.2. The van der Waals surface area contributed by atoms with Crippen LogP contribution in [0.3, 0.4) is 0 Å². The fourth-order valence-corrected chi connectivity index (χ4v) is 1.68. The molecule has 0 aromatic heterocycles. The Morgan fingerprint density at radius 3 is 2.41 bits per heavy atom. The molecule has 0 saturated carbocycles. The molecule has 1 rings (SSSR count). The number of halogens is 1. The molecule has 0 aliphatic heterocycles. The van der Waals surface area contributed by atoms with Crippen molar-refractivity contribution in [2.45, 2.75) is 26.8 Å². The van der Waals surface area contributed by atoms with E-state index < -0.39 is 11.8 Å². The van der Waals surface area contributed by atoms with Crippen LogP contribution >= 0.6 is 0 Å². The number of rotatable bonds is 4. The number of hydrogen-bond donors (Lipinski definition) is 1. The fourth-order valence-electron chi connectivity index (χ4n) is 1.68. The Morgan fingerprint density at radius 1 is 1.35 bits per heavy atom. The molecule has 17 heavy (non-hydrogen) atoms. The Morgan fingerprint density at radius 2 is 1.94 bits per heavy atom. The van der Waals surface area contributed by atoms with Gasteiger partial charge in [-0.05, 0) is 25.0 Å². The van der Waals surface area contributed by atoms with Gasteiger partial charge in [-0.25, -0.2) is 9.18 Å². The van der Waals surface area contributed by atoms with E-state index in [4.69, 9.17) is 5.11 Å². The third-order valence-corrected chi connectivity index (χ3v) is 3.16. The molecule has 0 amide bonds. The zero-order valence-electron chi connectivity index (χ0n) is 10.6. The van der Waals surface area contributed by atoms with Crippen molar-refractivity contribution >= 4 is 11.7 Å². The average molecular weight is 239 g/mol. The monoisotopic (exact) mass is 239 g/mol. The number of anilines is 1. The summed E-state index contributed by atoms with van der Waals surface area (Å²) in [6, 6.07) is 4.46. The molecule has 3 nitrogen and oxygen atoms in total. The second-order valence-electron chi connectivity index (χ2n) is 4.53. The molecule has 1 aromatic rings. The van der Waals surface area contributed by atoms with Crippen molar-refractivity contribution in [1.29, 1.82) is 0 Å². The largest absolute Gasteiger partial charge is 0.478 e. The summed E-state index contributed by atoms with van der Waals surface area (Å²) in [4.78, 5) is 12.9. The van der Waals surface area contributed by atoms with E-state index in [2.05, 4.69) is 0 Å². The normalized spacial score (nSPS) is 12.6. The van der Waals surface area contributed by atoms with Crippen LogP contribution in [0.4, 0.5) is 10.1 Å². The number of hydrogen-bond acceptors (Lipinski definition) is 2. The minimum atomic E-state index is -1.24. The Hall–Kier alpha value is -1.58. The van der Waals surface area contributed by atoms with Gasteiger partial charge in [-0.2, -0.15) is 0 Å². The van der Waals surface area contributed by atoms with Crippen LogP contribution in [0.5, 0.6) is 0 Å². The van der Waals surface area contributed by atoms with Gasteiger partial charge in [0.2, 0.25) is 0 Å². The number of carboxylic acid groups (broad SMARTS) is 1. The molecule has 0 fully saturated rings. The highest BCUT2D eigenvalue weighted by Crippen LogP contribution is 2.25. The average Bonchev–Trinajstić information content (AvgIpc) is 2.25. The van der Waals surface area contributed by atoms with E-state index in [1.807, 2.05) is 20.8 Å². The quantitative estimate of drug-likeness (QED) is 0.878. The van der Waals surface area contributed by atoms with Gasteiger partial charge in [-0.15, -0.1) is 0 Å². The SMILES string of the molecule is CC(C)C(C)N(C)c1cccc(F)c1C(=O)O. The third kappa shape index (κ3) is 2.75. The lowest BCUT2D eigenvalue weighted by molar-refractivity contribution is 0.0692. The second kappa shape index (κ2) is 5.17. The van der Waals surface area contributed by atoms with Crippen molar-refractivity contribution in [2.75, 3.05) is 11.9 Å². The summed E-state index contributed by atoms with van der Waals surface area (Å²) >= 11 is 0. The van der Waals surface area contributed by atoms with Crippen LogP contribution in [0.1, 0.15) is 31.1 Å². The van der Waals surface area contributed by atoms with E-state index >= 15 is 0 Å². The van der Waals surface area contributed by atoms with Crippen LogP contribution in [0.2, 0.25) is 0 Å². The molecule has 0 heterocycles. The zero-order valence-corrected chi connectivity index (χ0v) is 10.6. The molecule has 4 heteroatoms. The number of carboxylic acids is 1. The minimum absolute atomic E-state index is 0.134. The second-order valence-corrected chi connectivity index (χ2v) is 4.53. The van der Waals surface area contributed by atoms with Crippen molar-refractivity contribution in [3.05, 3.63) is 29.6 Å². The molecule has 0 radical (unpaired) electrons. The maximum atomic E-state index is 13.5. The summed E-state index contributed by atoms with van der Waals surface area (Å²) < 4.78 is 13.5. The van der Waals surface area contributed by atoms with Gasteiger partial charge >= 0.3 is 5.97 Å². The van der Waals surface area contributed by atoms with E-state index in [-0.39, 0.29) is 11.6 Å². The van der Waals surface area contributed by atoms with Gasteiger partial charge in [-0.1, -0.05) is 19.9 Å². The first-order valence-corrected chi connectivity index (χ1v) is 5.61. The first-order valence-electron chi connectivity index (χ1n) is 5.61. The Bertz CT molecular complexity index is 418. The van der Waals surface area contributed by atoms with Gasteiger partial charge in [0.1, 0.15) is 11.4 Å². The maximum absolute atomic E-state index is 13.5. The van der Waals surface area contributed by atoms with Crippen LogP contribution in [0.15, 0.2) is 18.2 Å². The summed E-state index contributed by atoms with van der Waals surface area (Å²) in [7, 11) is 1.78. The highest BCUT2D eigenvalue weighted by atomic mass is 19.1. The predicted octanol–water partition coefficient (Wildman–Crippen LogP) is 3.00. The molecule has 94 valence electrons. The van der Waals surface area contributed by atoms with Crippen molar-refractivity contribution in [1.82, 2.24) is 0 Å². The van der Waals surface area contributed by atoms with Gasteiger partial charge in [0, 0.05) is 13.1 Å². The molecule has 1 atom stereocenters. The molecule has 0 aliphatic rings. The summed E-state index contributed by atoms with van der Waals surface area (Å²) in [5.74, 6) is -1.58. The van der Waals surface area contributed by atoms with Gasteiger partial charge in [-0.3, -0.25) is 0 Å². The lowest BCUT2D eigenvalue weighted by Crippen LogP contribution is -2.34. The van der Waals surface area contributed by atoms with Crippen molar-refractivity contribution in [2.24, 2.45) is 5.92 Å². The Kier molecular flexibility index (Phi) is 4.10. The molecule has 1 unspecified atom stereocenters. The van der Waals surface area contributed by atoms with Crippen LogP contribution in [-0.4, -0.2) is 24.2 Å². The fraction of sp³-hybridized carbons (Fsp3) is 0.462. The lowest BCUT2D eigenvalue weighted by Gasteiger charge is -2.31. The van der Waals surface area contributed by atoms with E-state index in [1.165, 1.54) is 12.1 Å². The number of aromatic carboxylic acids is 1. The molecular formula is C13H18FNO2. The topological polar surface area (TPSA) is 40.5 Å². The molecule has 0 saturated heterocycles. The molecule has 0 bridgehead atoms. The summed E-state index contributed by atoms with van der Waals surface area (Å²) in [5.41, 5.74) is 0.154. The molecule has 1 N–H and O–H groups in total. The van der Waals surface area contributed by atoms with Gasteiger partial charge < -0.3 is 10.0 Å². The minimum Gasteiger partial charge on any atom is -0.478 e. The van der Waals surface area contributed by atoms with Crippen LogP contribution in [0.25, 0.3) is 0 Å². The van der Waals surface area contributed by atoms with Crippen LogP contribution in [-0.2, 0) is 0 Å². The Labute approximate surface area is 101 Å². The van der Waals surface area contributed by atoms with E-state index in [0.717, 1.165) is 0 Å². The lowest BCUT2D eigenvalue weighted by atomic mass is 10.0. The summed E-state index contributed by atoms with van der Waals surface area (Å²) in [6.07, 6.45) is 0. The molecule has 0 spiro atoms. The molecule has 1 aromatic carbocycles. The molecule has 0 aliphatic carbocycles. The first-order chi connectivity index (χ1) is 7.86. The number of benzene rings is 1. The van der Waals surface area contributed by atoms with Crippen molar-refractivity contribution < 1.29 is 14.3 Å². The number of carbonyl (C=O) groups is 1. The van der Waals surface area contributed by atoms with Gasteiger partial charge in [0.15, 0.2) is 0 Å². The predicted molar refractivity (Wildman–Crippen MR) is 66.1 cm³/mol. The summed E-state index contributed by atoms with van der Waals surface area (Å²) in [6.45, 7) is 6.07. The van der Waals surface area contributed by atoms with E-state index in [0.29, 0.717) is 11.6 Å².